The highest BCUT2D eigenvalue weighted by atomic mass is 127. The average molecular weight is 469 g/mol. The summed E-state index contributed by atoms with van der Waals surface area (Å²) in [6, 6.07) is 10.6. The molecule has 0 fully saturated rings. The van der Waals surface area contributed by atoms with Crippen molar-refractivity contribution in [2.45, 2.75) is 47.7 Å². The number of nitrogens with one attached hydrogen (secondary N) is 2. The molecule has 6 heteroatoms. The van der Waals surface area contributed by atoms with Gasteiger partial charge in [0, 0.05) is 25.3 Å². The Balaban J connectivity index is 0.00000338. The lowest BCUT2D eigenvalue weighted by molar-refractivity contribution is 0.436. The molecule has 2 rings (SSSR count). The largest absolute Gasteiger partial charge is 0.357 e. The van der Waals surface area contributed by atoms with Crippen LogP contribution in [0.2, 0.25) is 0 Å². The lowest BCUT2D eigenvalue weighted by atomic mass is 10.1. The highest BCUT2D eigenvalue weighted by Gasteiger charge is 2.08. The summed E-state index contributed by atoms with van der Waals surface area (Å²) in [6.45, 7) is 13.9. The fourth-order valence-electron chi connectivity index (χ4n) is 2.70. The molecule has 0 spiro atoms. The van der Waals surface area contributed by atoms with Crippen molar-refractivity contribution in [3.05, 3.63) is 52.8 Å². The third-order valence-corrected chi connectivity index (χ3v) is 4.09. The maximum absolute atomic E-state index is 4.69. The van der Waals surface area contributed by atoms with Crippen molar-refractivity contribution >= 4 is 29.9 Å². The third kappa shape index (κ3) is 7.35. The minimum Gasteiger partial charge on any atom is -0.357 e. The van der Waals surface area contributed by atoms with Gasteiger partial charge in [-0.15, -0.1) is 24.0 Å². The zero-order valence-corrected chi connectivity index (χ0v) is 18.9. The van der Waals surface area contributed by atoms with Gasteiger partial charge < -0.3 is 10.6 Å². The Labute approximate surface area is 174 Å². The van der Waals surface area contributed by atoms with Gasteiger partial charge in [0.25, 0.3) is 0 Å². The van der Waals surface area contributed by atoms with Gasteiger partial charge in [-0.25, -0.2) is 4.99 Å². The van der Waals surface area contributed by atoms with E-state index in [9.17, 15) is 0 Å². The predicted molar refractivity (Wildman–Crippen MR) is 120 cm³/mol. The van der Waals surface area contributed by atoms with Gasteiger partial charge in [0.05, 0.1) is 12.2 Å². The van der Waals surface area contributed by atoms with Crippen LogP contribution in [0.25, 0.3) is 0 Å². The number of benzene rings is 1. The fraction of sp³-hybridized carbons (Fsp3) is 0.500. The Morgan fingerprint density at radius 3 is 2.42 bits per heavy atom. The lowest BCUT2D eigenvalue weighted by Gasteiger charge is -2.16. The van der Waals surface area contributed by atoms with E-state index in [0.29, 0.717) is 12.5 Å². The summed E-state index contributed by atoms with van der Waals surface area (Å²) >= 11 is 0. The van der Waals surface area contributed by atoms with Crippen molar-refractivity contribution in [3.63, 3.8) is 0 Å². The van der Waals surface area contributed by atoms with Gasteiger partial charge in [0.1, 0.15) is 0 Å². The van der Waals surface area contributed by atoms with E-state index in [-0.39, 0.29) is 24.0 Å². The topological polar surface area (TPSA) is 54.2 Å². The summed E-state index contributed by atoms with van der Waals surface area (Å²) in [5.41, 5.74) is 4.78. The number of rotatable bonds is 7. The first kappa shape index (κ1) is 22.5. The van der Waals surface area contributed by atoms with Crippen LogP contribution in [-0.4, -0.2) is 28.8 Å². The number of aliphatic imine (C=N–C) groups is 1. The van der Waals surface area contributed by atoms with Crippen LogP contribution in [-0.2, 0) is 13.1 Å². The summed E-state index contributed by atoms with van der Waals surface area (Å²) in [5, 5.41) is 11.3. The molecular formula is C20H32IN5. The van der Waals surface area contributed by atoms with Crippen molar-refractivity contribution in [1.82, 2.24) is 20.4 Å². The maximum atomic E-state index is 4.69. The van der Waals surface area contributed by atoms with Crippen LogP contribution in [0, 0.1) is 26.7 Å². The Bertz CT molecular complexity index is 691. The number of halogens is 1. The van der Waals surface area contributed by atoms with E-state index < -0.39 is 0 Å². The smallest absolute Gasteiger partial charge is 0.191 e. The number of nitrogens with zero attached hydrogens (tertiary/aromatic N) is 3. The van der Waals surface area contributed by atoms with Crippen LogP contribution in [0.15, 0.2) is 35.3 Å². The Hall–Kier alpha value is -1.57. The molecule has 0 aliphatic heterocycles. The first-order chi connectivity index (χ1) is 12.0. The molecule has 0 bridgehead atoms. The zero-order valence-electron chi connectivity index (χ0n) is 16.5. The van der Waals surface area contributed by atoms with E-state index in [4.69, 9.17) is 0 Å². The normalized spacial score (nSPS) is 12.4. The number of hydrogen-bond acceptors (Lipinski definition) is 2. The summed E-state index contributed by atoms with van der Waals surface area (Å²) in [7, 11) is 0. The second-order valence-corrected chi connectivity index (χ2v) is 6.78. The Kier molecular flexibility index (Phi) is 9.69. The zero-order chi connectivity index (χ0) is 18.2. The quantitative estimate of drug-likeness (QED) is 0.369. The Morgan fingerprint density at radius 1 is 1.15 bits per heavy atom. The molecule has 144 valence electrons. The second kappa shape index (κ2) is 11.2. The van der Waals surface area contributed by atoms with Gasteiger partial charge in [0.15, 0.2) is 5.96 Å². The summed E-state index contributed by atoms with van der Waals surface area (Å²) < 4.78 is 2.08. The van der Waals surface area contributed by atoms with Crippen molar-refractivity contribution in [2.24, 2.45) is 10.9 Å². The minimum atomic E-state index is 0. The minimum absolute atomic E-state index is 0. The second-order valence-electron chi connectivity index (χ2n) is 6.78. The molecule has 2 aromatic rings. The van der Waals surface area contributed by atoms with Gasteiger partial charge in [-0.1, -0.05) is 36.8 Å². The molecule has 1 aromatic heterocycles. The van der Waals surface area contributed by atoms with Crippen LogP contribution in [0.3, 0.4) is 0 Å². The van der Waals surface area contributed by atoms with Crippen LogP contribution in [0.1, 0.15) is 36.4 Å². The fourth-order valence-corrected chi connectivity index (χ4v) is 2.70. The molecule has 26 heavy (non-hydrogen) atoms. The van der Waals surface area contributed by atoms with Gasteiger partial charge in [0.2, 0.25) is 0 Å². The van der Waals surface area contributed by atoms with Crippen molar-refractivity contribution in [2.75, 3.05) is 13.1 Å². The highest BCUT2D eigenvalue weighted by molar-refractivity contribution is 14.0. The monoisotopic (exact) mass is 469 g/mol. The van der Waals surface area contributed by atoms with E-state index in [1.807, 2.05) is 6.92 Å². The summed E-state index contributed by atoms with van der Waals surface area (Å²) in [6.07, 6.45) is 0. The van der Waals surface area contributed by atoms with Crippen LogP contribution in [0.5, 0.6) is 0 Å². The third-order valence-electron chi connectivity index (χ3n) is 4.09. The standard InChI is InChI=1S/C20H31N5.HI/c1-6-21-20(23-13-19-9-7-15(2)8-10-19)22-12-16(3)14-25-18(5)11-17(4)24-25;/h7-11,16H,6,12-14H2,1-5H3,(H2,21,22,23);1H. The van der Waals surface area contributed by atoms with E-state index in [1.165, 1.54) is 16.8 Å². The molecule has 1 aromatic carbocycles. The first-order valence-electron chi connectivity index (χ1n) is 9.06. The van der Waals surface area contributed by atoms with Crippen molar-refractivity contribution < 1.29 is 0 Å². The van der Waals surface area contributed by atoms with E-state index in [2.05, 4.69) is 83.4 Å². The van der Waals surface area contributed by atoms with E-state index in [0.717, 1.165) is 31.3 Å². The molecule has 1 heterocycles. The van der Waals surface area contributed by atoms with Crippen LogP contribution < -0.4 is 10.6 Å². The average Bonchev–Trinajstić information content (AvgIpc) is 2.89. The predicted octanol–water partition coefficient (Wildman–Crippen LogP) is 3.82. The van der Waals surface area contributed by atoms with Gasteiger partial charge in [-0.05, 0) is 45.2 Å². The molecular weight excluding hydrogens is 437 g/mol. The molecule has 0 aliphatic carbocycles. The molecule has 5 nitrogen and oxygen atoms in total. The molecule has 2 N–H and O–H groups in total. The van der Waals surface area contributed by atoms with Crippen LogP contribution >= 0.6 is 24.0 Å². The number of hydrogen-bond donors (Lipinski definition) is 2. The van der Waals surface area contributed by atoms with E-state index in [1.54, 1.807) is 0 Å². The number of aryl methyl sites for hydroxylation is 3. The molecule has 0 amide bonds. The SMILES string of the molecule is CCNC(=NCc1ccc(C)cc1)NCC(C)Cn1nc(C)cc1C.I. The van der Waals surface area contributed by atoms with Crippen molar-refractivity contribution in [3.8, 4) is 0 Å². The molecule has 0 radical (unpaired) electrons. The van der Waals surface area contributed by atoms with Crippen molar-refractivity contribution in [1.29, 1.82) is 0 Å². The van der Waals surface area contributed by atoms with Gasteiger partial charge in [-0.3, -0.25) is 4.68 Å². The molecule has 0 aliphatic rings. The highest BCUT2D eigenvalue weighted by Crippen LogP contribution is 2.06. The lowest BCUT2D eigenvalue weighted by Crippen LogP contribution is -2.40. The molecule has 1 unspecified atom stereocenters. The maximum Gasteiger partial charge on any atom is 0.191 e. The molecule has 0 saturated heterocycles. The number of guanidine groups is 1. The Morgan fingerprint density at radius 2 is 1.85 bits per heavy atom. The van der Waals surface area contributed by atoms with Gasteiger partial charge >= 0.3 is 0 Å². The van der Waals surface area contributed by atoms with E-state index >= 15 is 0 Å². The summed E-state index contributed by atoms with van der Waals surface area (Å²) in [5.74, 6) is 1.32. The number of aromatic nitrogens is 2. The first-order valence-corrected chi connectivity index (χ1v) is 9.06. The molecule has 0 saturated carbocycles. The summed E-state index contributed by atoms with van der Waals surface area (Å²) in [4.78, 5) is 4.69. The van der Waals surface area contributed by atoms with Crippen LogP contribution in [0.4, 0.5) is 0 Å². The van der Waals surface area contributed by atoms with Gasteiger partial charge in [-0.2, -0.15) is 5.10 Å². The molecule has 1 atom stereocenters.